The highest BCUT2D eigenvalue weighted by atomic mass is 35.5. The molecule has 0 atom stereocenters. The van der Waals surface area contributed by atoms with Crippen LogP contribution in [0.2, 0.25) is 20.1 Å². The third kappa shape index (κ3) is 3.79. The van der Waals surface area contributed by atoms with Gasteiger partial charge in [-0.15, -0.1) is 0 Å². The number of halogens is 4. The molecular weight excluding hydrogens is 298 g/mol. The second-order valence-electron chi connectivity index (χ2n) is 3.73. The molecule has 0 saturated heterocycles. The van der Waals surface area contributed by atoms with E-state index in [1.165, 1.54) is 0 Å². The fraction of sp³-hybridized carbons (Fsp3) is 0.0769. The van der Waals surface area contributed by atoms with Crippen LogP contribution >= 0.6 is 46.4 Å². The molecule has 0 bridgehead atoms. The van der Waals surface area contributed by atoms with Gasteiger partial charge in [0.1, 0.15) is 0 Å². The Kier molecular flexibility index (Phi) is 4.22. The Balaban J connectivity index is 2.31. The summed E-state index contributed by atoms with van der Waals surface area (Å²) < 4.78 is 0. The van der Waals surface area contributed by atoms with Gasteiger partial charge in [0.2, 0.25) is 0 Å². The van der Waals surface area contributed by atoms with Crippen LogP contribution in [0.3, 0.4) is 0 Å². The standard InChI is InChI=1S/C13H8Cl4/c14-10-2-8(3-11(15)6-10)1-9-4-12(16)7-13(17)5-9/h2-7H,1H2. The molecular formula is C13H8Cl4. The molecule has 17 heavy (non-hydrogen) atoms. The average molecular weight is 306 g/mol. The van der Waals surface area contributed by atoms with E-state index >= 15 is 0 Å². The molecule has 0 amide bonds. The van der Waals surface area contributed by atoms with Crippen LogP contribution in [0.1, 0.15) is 11.1 Å². The first-order chi connectivity index (χ1) is 8.02. The fourth-order valence-electron chi connectivity index (χ4n) is 1.66. The van der Waals surface area contributed by atoms with Gasteiger partial charge in [-0.1, -0.05) is 46.4 Å². The number of hydrogen-bond acceptors (Lipinski definition) is 0. The van der Waals surface area contributed by atoms with E-state index in [0.29, 0.717) is 26.5 Å². The molecule has 0 fully saturated rings. The van der Waals surface area contributed by atoms with Gasteiger partial charge in [-0.05, 0) is 53.9 Å². The number of hydrogen-bond donors (Lipinski definition) is 0. The molecule has 0 nitrogen and oxygen atoms in total. The van der Waals surface area contributed by atoms with Gasteiger partial charge >= 0.3 is 0 Å². The van der Waals surface area contributed by atoms with Crippen LogP contribution in [0.15, 0.2) is 36.4 Å². The predicted octanol–water partition coefficient (Wildman–Crippen LogP) is 5.89. The van der Waals surface area contributed by atoms with Crippen molar-refractivity contribution >= 4 is 46.4 Å². The van der Waals surface area contributed by atoms with Crippen molar-refractivity contribution < 1.29 is 0 Å². The van der Waals surface area contributed by atoms with E-state index in [9.17, 15) is 0 Å². The summed E-state index contributed by atoms with van der Waals surface area (Å²) in [5.74, 6) is 0. The normalized spacial score (nSPS) is 10.6. The lowest BCUT2D eigenvalue weighted by molar-refractivity contribution is 1.19. The van der Waals surface area contributed by atoms with Crippen molar-refractivity contribution in [2.24, 2.45) is 0 Å². The minimum absolute atomic E-state index is 0.626. The van der Waals surface area contributed by atoms with Gasteiger partial charge in [-0.25, -0.2) is 0 Å². The van der Waals surface area contributed by atoms with Crippen molar-refractivity contribution in [2.45, 2.75) is 6.42 Å². The molecule has 0 aliphatic carbocycles. The molecule has 88 valence electrons. The molecule has 2 aromatic rings. The van der Waals surface area contributed by atoms with E-state index in [2.05, 4.69) is 0 Å². The molecule has 0 radical (unpaired) electrons. The summed E-state index contributed by atoms with van der Waals surface area (Å²) in [6.07, 6.45) is 0.695. The summed E-state index contributed by atoms with van der Waals surface area (Å²) in [5.41, 5.74) is 2.06. The van der Waals surface area contributed by atoms with Gasteiger partial charge in [-0.2, -0.15) is 0 Å². The van der Waals surface area contributed by atoms with Crippen LogP contribution < -0.4 is 0 Å². The molecule has 4 heteroatoms. The first-order valence-electron chi connectivity index (χ1n) is 4.93. The van der Waals surface area contributed by atoms with Gasteiger partial charge in [0.05, 0.1) is 0 Å². The largest absolute Gasteiger partial charge is 0.0843 e. The van der Waals surface area contributed by atoms with Crippen molar-refractivity contribution in [3.63, 3.8) is 0 Å². The Hall–Kier alpha value is -0.400. The van der Waals surface area contributed by atoms with Crippen LogP contribution in [0.4, 0.5) is 0 Å². The van der Waals surface area contributed by atoms with Crippen LogP contribution in [0.25, 0.3) is 0 Å². The Morgan fingerprint density at radius 3 is 1.12 bits per heavy atom. The molecule has 0 unspecified atom stereocenters. The fourth-order valence-corrected chi connectivity index (χ4v) is 2.80. The summed E-state index contributed by atoms with van der Waals surface area (Å²) in [5, 5.41) is 2.50. The van der Waals surface area contributed by atoms with Crippen molar-refractivity contribution in [3.8, 4) is 0 Å². The van der Waals surface area contributed by atoms with Gasteiger partial charge < -0.3 is 0 Å². The van der Waals surface area contributed by atoms with Crippen LogP contribution in [0.5, 0.6) is 0 Å². The molecule has 0 saturated carbocycles. The van der Waals surface area contributed by atoms with Crippen molar-refractivity contribution in [1.82, 2.24) is 0 Å². The lowest BCUT2D eigenvalue weighted by atomic mass is 10.1. The van der Waals surface area contributed by atoms with Gasteiger partial charge in [0.25, 0.3) is 0 Å². The Labute approximate surface area is 120 Å². The second kappa shape index (κ2) is 5.49. The predicted molar refractivity (Wildman–Crippen MR) is 75.7 cm³/mol. The highest BCUT2D eigenvalue weighted by Crippen LogP contribution is 2.24. The van der Waals surface area contributed by atoms with Crippen LogP contribution in [0, 0.1) is 0 Å². The summed E-state index contributed by atoms with van der Waals surface area (Å²) in [6, 6.07) is 10.9. The maximum atomic E-state index is 5.94. The first-order valence-corrected chi connectivity index (χ1v) is 6.44. The third-order valence-electron chi connectivity index (χ3n) is 2.25. The molecule has 2 aromatic carbocycles. The maximum absolute atomic E-state index is 5.94. The SMILES string of the molecule is Clc1cc(Cl)cc(Cc2cc(Cl)cc(Cl)c2)c1. The molecule has 0 aliphatic rings. The first kappa shape index (κ1) is 13.0. The monoisotopic (exact) mass is 304 g/mol. The van der Waals surface area contributed by atoms with Crippen molar-refractivity contribution in [2.75, 3.05) is 0 Å². The number of rotatable bonds is 2. The van der Waals surface area contributed by atoms with Crippen LogP contribution in [-0.2, 0) is 6.42 Å². The van der Waals surface area contributed by atoms with Crippen LogP contribution in [-0.4, -0.2) is 0 Å². The highest BCUT2D eigenvalue weighted by molar-refractivity contribution is 6.35. The average Bonchev–Trinajstić information content (AvgIpc) is 2.13. The minimum atomic E-state index is 0.626. The minimum Gasteiger partial charge on any atom is -0.0843 e. The highest BCUT2D eigenvalue weighted by Gasteiger charge is 2.02. The zero-order valence-electron chi connectivity index (χ0n) is 8.68. The molecule has 0 aliphatic heterocycles. The summed E-state index contributed by atoms with van der Waals surface area (Å²) in [6.45, 7) is 0. The summed E-state index contributed by atoms with van der Waals surface area (Å²) in [7, 11) is 0. The number of benzene rings is 2. The molecule has 0 aromatic heterocycles. The van der Waals surface area contributed by atoms with E-state index in [0.717, 1.165) is 11.1 Å². The zero-order valence-corrected chi connectivity index (χ0v) is 11.7. The van der Waals surface area contributed by atoms with E-state index in [1.54, 1.807) is 12.1 Å². The second-order valence-corrected chi connectivity index (χ2v) is 5.48. The quantitative estimate of drug-likeness (QED) is 0.649. The van der Waals surface area contributed by atoms with E-state index in [-0.39, 0.29) is 0 Å². The van der Waals surface area contributed by atoms with Gasteiger partial charge in [0, 0.05) is 20.1 Å². The molecule has 0 spiro atoms. The lowest BCUT2D eigenvalue weighted by Crippen LogP contribution is -1.88. The molecule has 0 heterocycles. The Morgan fingerprint density at radius 1 is 0.529 bits per heavy atom. The smallest absolute Gasteiger partial charge is 0.0423 e. The Bertz CT molecular complexity index is 459. The third-order valence-corrected chi connectivity index (χ3v) is 3.13. The summed E-state index contributed by atoms with van der Waals surface area (Å²) in [4.78, 5) is 0. The molecule has 2 rings (SSSR count). The zero-order chi connectivity index (χ0) is 12.4. The van der Waals surface area contributed by atoms with Gasteiger partial charge in [0.15, 0.2) is 0 Å². The topological polar surface area (TPSA) is 0 Å². The van der Waals surface area contributed by atoms with E-state index < -0.39 is 0 Å². The summed E-state index contributed by atoms with van der Waals surface area (Å²) >= 11 is 23.8. The molecule has 0 N–H and O–H groups in total. The van der Waals surface area contributed by atoms with E-state index in [1.807, 2.05) is 24.3 Å². The van der Waals surface area contributed by atoms with Gasteiger partial charge in [-0.3, -0.25) is 0 Å². The Morgan fingerprint density at radius 2 is 0.824 bits per heavy atom. The lowest BCUT2D eigenvalue weighted by Gasteiger charge is -2.05. The van der Waals surface area contributed by atoms with E-state index in [4.69, 9.17) is 46.4 Å². The van der Waals surface area contributed by atoms with Crippen molar-refractivity contribution in [3.05, 3.63) is 67.6 Å². The van der Waals surface area contributed by atoms with Crippen molar-refractivity contribution in [1.29, 1.82) is 0 Å². The maximum Gasteiger partial charge on any atom is 0.0423 e.